The number of ether oxygens (including phenoxy) is 2. The van der Waals surface area contributed by atoms with Crippen LogP contribution in [-0.4, -0.2) is 17.7 Å². The number of aliphatic carboxylic acids is 1. The quantitative estimate of drug-likeness (QED) is 0.542. The van der Waals surface area contributed by atoms with Gasteiger partial charge in [-0.3, -0.25) is 4.79 Å². The Bertz CT molecular complexity index is 941. The van der Waals surface area contributed by atoms with Crippen LogP contribution in [0.3, 0.4) is 0 Å². The van der Waals surface area contributed by atoms with Crippen molar-refractivity contribution in [2.24, 2.45) is 17.3 Å². The molecule has 0 aromatic heterocycles. The van der Waals surface area contributed by atoms with Crippen molar-refractivity contribution in [1.82, 2.24) is 0 Å². The Labute approximate surface area is 184 Å². The molecule has 2 unspecified atom stereocenters. The molecule has 4 fully saturated rings. The smallest absolute Gasteiger partial charge is 0.306 e. The molecular weight excluding hydrogens is 388 g/mol. The summed E-state index contributed by atoms with van der Waals surface area (Å²) in [6.07, 6.45) is 8.41. The molecule has 2 aromatic rings. The Morgan fingerprint density at radius 1 is 1.10 bits per heavy atom. The topological polar surface area (TPSA) is 55.8 Å². The van der Waals surface area contributed by atoms with Crippen LogP contribution < -0.4 is 4.74 Å². The van der Waals surface area contributed by atoms with Crippen LogP contribution in [0.2, 0.25) is 0 Å². The maximum absolute atomic E-state index is 11.1. The van der Waals surface area contributed by atoms with Gasteiger partial charge in [-0.05, 0) is 98.1 Å². The van der Waals surface area contributed by atoms with E-state index < -0.39 is 5.97 Å². The average Bonchev–Trinajstić information content (AvgIpc) is 3.60. The summed E-state index contributed by atoms with van der Waals surface area (Å²) in [5, 5.41) is 9.16. The van der Waals surface area contributed by atoms with Crippen molar-refractivity contribution in [3.63, 3.8) is 0 Å². The first-order chi connectivity index (χ1) is 15.0. The fraction of sp³-hybridized carbons (Fsp3) is 0.519. The van der Waals surface area contributed by atoms with Crippen LogP contribution in [0.25, 0.3) is 0 Å². The van der Waals surface area contributed by atoms with Crippen LogP contribution in [0.4, 0.5) is 0 Å². The monoisotopic (exact) mass is 420 g/mol. The van der Waals surface area contributed by atoms with Crippen molar-refractivity contribution in [1.29, 1.82) is 0 Å². The first kappa shape index (κ1) is 20.6. The molecule has 0 spiro atoms. The molecule has 4 nitrogen and oxygen atoms in total. The van der Waals surface area contributed by atoms with Crippen molar-refractivity contribution < 1.29 is 19.4 Å². The van der Waals surface area contributed by atoms with Gasteiger partial charge in [-0.25, -0.2) is 0 Å². The van der Waals surface area contributed by atoms with Crippen LogP contribution >= 0.6 is 0 Å². The fourth-order valence-corrected chi connectivity index (χ4v) is 5.63. The van der Waals surface area contributed by atoms with Crippen molar-refractivity contribution in [3.8, 4) is 11.5 Å². The molecule has 2 heterocycles. The van der Waals surface area contributed by atoms with E-state index in [0.717, 1.165) is 56.6 Å². The minimum atomic E-state index is -0.617. The third-order valence-electron chi connectivity index (χ3n) is 7.96. The lowest BCUT2D eigenvalue weighted by Crippen LogP contribution is -2.49. The second-order valence-corrected chi connectivity index (χ2v) is 9.89. The van der Waals surface area contributed by atoms with Gasteiger partial charge in [0.15, 0.2) is 0 Å². The number of hydrogen-bond donors (Lipinski definition) is 1. The molecular formula is C27H32O4. The Kier molecular flexibility index (Phi) is 5.29. The van der Waals surface area contributed by atoms with Crippen molar-refractivity contribution >= 4 is 5.97 Å². The largest absolute Gasteiger partial charge is 0.481 e. The third-order valence-corrected chi connectivity index (χ3v) is 7.96. The van der Waals surface area contributed by atoms with Gasteiger partial charge in [-0.15, -0.1) is 0 Å². The fourth-order valence-electron chi connectivity index (χ4n) is 5.63. The van der Waals surface area contributed by atoms with E-state index in [1.807, 2.05) is 18.2 Å². The molecule has 2 aliphatic carbocycles. The highest BCUT2D eigenvalue weighted by atomic mass is 16.5. The van der Waals surface area contributed by atoms with Crippen LogP contribution in [0.15, 0.2) is 48.5 Å². The van der Waals surface area contributed by atoms with E-state index in [1.165, 1.54) is 24.0 Å². The van der Waals surface area contributed by atoms with Crippen molar-refractivity contribution in [3.05, 3.63) is 59.7 Å². The zero-order chi connectivity index (χ0) is 21.5. The number of aryl methyl sites for hydroxylation is 1. The van der Waals surface area contributed by atoms with E-state index in [1.54, 1.807) is 0 Å². The molecule has 0 amide bonds. The molecule has 4 aliphatic rings. The van der Waals surface area contributed by atoms with Gasteiger partial charge in [-0.2, -0.15) is 0 Å². The standard InChI is InChI=1S/C27H32O4/c1-2-19-5-3-7-22(15-19)31-23-8-4-6-21(17-23)27-13-11-26(12-14-27,18-30-27)10-9-20-16-24(20)25(28)29/h3-8,15,17,20,24H,2,9-14,16,18H2,1H3,(H,28,29). The van der Waals surface area contributed by atoms with Crippen molar-refractivity contribution in [2.75, 3.05) is 6.61 Å². The zero-order valence-electron chi connectivity index (χ0n) is 18.3. The van der Waals surface area contributed by atoms with E-state index in [-0.39, 0.29) is 16.9 Å². The van der Waals surface area contributed by atoms with E-state index in [4.69, 9.17) is 14.6 Å². The number of carbonyl (C=O) groups is 1. The highest BCUT2D eigenvalue weighted by Crippen LogP contribution is 2.57. The molecule has 2 aliphatic heterocycles. The molecule has 0 radical (unpaired) electrons. The molecule has 2 saturated heterocycles. The van der Waals surface area contributed by atoms with Crippen LogP contribution in [0.1, 0.15) is 63.0 Å². The number of rotatable bonds is 8. The van der Waals surface area contributed by atoms with Gasteiger partial charge in [0.2, 0.25) is 0 Å². The second-order valence-electron chi connectivity index (χ2n) is 9.89. The molecule has 164 valence electrons. The Balaban J connectivity index is 1.24. The lowest BCUT2D eigenvalue weighted by molar-refractivity contribution is -0.192. The SMILES string of the molecule is CCc1cccc(Oc2cccc(C34CCC(CCC5CC5C(=O)O)(CC3)CO4)c2)c1. The molecule has 2 saturated carbocycles. The van der Waals surface area contributed by atoms with Crippen molar-refractivity contribution in [2.45, 2.75) is 63.9 Å². The van der Waals surface area contributed by atoms with Crippen LogP contribution in [-0.2, 0) is 21.6 Å². The van der Waals surface area contributed by atoms with Gasteiger partial charge in [0.25, 0.3) is 0 Å². The summed E-state index contributed by atoms with van der Waals surface area (Å²) in [5.74, 6) is 1.42. The van der Waals surface area contributed by atoms with Gasteiger partial charge in [0, 0.05) is 0 Å². The second kappa shape index (κ2) is 7.98. The molecule has 2 atom stereocenters. The van der Waals surface area contributed by atoms with E-state index in [0.29, 0.717) is 5.92 Å². The molecule has 2 aromatic carbocycles. The summed E-state index contributed by atoms with van der Waals surface area (Å²) in [6, 6.07) is 16.7. The van der Waals surface area contributed by atoms with Gasteiger partial charge >= 0.3 is 5.97 Å². The average molecular weight is 421 g/mol. The predicted molar refractivity (Wildman–Crippen MR) is 119 cm³/mol. The third kappa shape index (κ3) is 4.10. The highest BCUT2D eigenvalue weighted by molar-refractivity contribution is 5.73. The molecule has 1 N–H and O–H groups in total. The number of hydrogen-bond acceptors (Lipinski definition) is 3. The number of carboxylic acids is 1. The maximum Gasteiger partial charge on any atom is 0.306 e. The normalized spacial score (nSPS) is 31.4. The van der Waals surface area contributed by atoms with E-state index in [2.05, 4.69) is 37.3 Å². The maximum atomic E-state index is 11.1. The number of fused-ring (bicyclic) bond motifs is 3. The Morgan fingerprint density at radius 3 is 2.48 bits per heavy atom. The molecule has 2 bridgehead atoms. The van der Waals surface area contributed by atoms with E-state index >= 15 is 0 Å². The number of carboxylic acid groups (broad SMARTS) is 1. The molecule has 4 heteroatoms. The minimum Gasteiger partial charge on any atom is -0.481 e. The first-order valence-corrected chi connectivity index (χ1v) is 11.8. The highest BCUT2D eigenvalue weighted by Gasteiger charge is 2.52. The van der Waals surface area contributed by atoms with Crippen LogP contribution in [0, 0.1) is 17.3 Å². The molecule has 31 heavy (non-hydrogen) atoms. The lowest BCUT2D eigenvalue weighted by Gasteiger charge is -2.53. The number of benzene rings is 2. The molecule has 6 rings (SSSR count). The van der Waals surface area contributed by atoms with Gasteiger partial charge in [0.05, 0.1) is 18.1 Å². The summed E-state index contributed by atoms with van der Waals surface area (Å²) in [7, 11) is 0. The van der Waals surface area contributed by atoms with Gasteiger partial charge in [0.1, 0.15) is 11.5 Å². The van der Waals surface area contributed by atoms with Crippen LogP contribution in [0.5, 0.6) is 11.5 Å². The van der Waals surface area contributed by atoms with Gasteiger partial charge < -0.3 is 14.6 Å². The summed E-state index contributed by atoms with van der Waals surface area (Å²) >= 11 is 0. The van der Waals surface area contributed by atoms with Gasteiger partial charge in [-0.1, -0.05) is 31.2 Å². The van der Waals surface area contributed by atoms with E-state index in [9.17, 15) is 4.79 Å². The summed E-state index contributed by atoms with van der Waals surface area (Å²) < 4.78 is 12.7. The first-order valence-electron chi connectivity index (χ1n) is 11.8. The summed E-state index contributed by atoms with van der Waals surface area (Å²) in [5.41, 5.74) is 2.54. The Morgan fingerprint density at radius 2 is 1.84 bits per heavy atom. The summed E-state index contributed by atoms with van der Waals surface area (Å²) in [4.78, 5) is 11.1. The minimum absolute atomic E-state index is 0.0932. The lowest BCUT2D eigenvalue weighted by atomic mass is 9.62. The predicted octanol–water partition coefficient (Wildman–Crippen LogP) is 6.33. The zero-order valence-corrected chi connectivity index (χ0v) is 18.3. The summed E-state index contributed by atoms with van der Waals surface area (Å²) in [6.45, 7) is 2.94. The Hall–Kier alpha value is -2.33.